The number of hydrogen-bond donors (Lipinski definition) is 3. The van der Waals surface area contributed by atoms with Gasteiger partial charge >= 0.3 is 11.8 Å². The zero-order valence-electron chi connectivity index (χ0n) is 11.7. The molecule has 3 unspecified atom stereocenters. The van der Waals surface area contributed by atoms with Crippen molar-refractivity contribution in [2.24, 2.45) is 11.7 Å². The van der Waals surface area contributed by atoms with Crippen LogP contribution in [0.1, 0.15) is 39.0 Å². The summed E-state index contributed by atoms with van der Waals surface area (Å²) in [6.45, 7) is 2.16. The highest BCUT2D eigenvalue weighted by atomic mass is 16.2. The molecule has 1 saturated carbocycles. The van der Waals surface area contributed by atoms with E-state index in [1.165, 1.54) is 11.5 Å². The van der Waals surface area contributed by atoms with Gasteiger partial charge in [0.25, 0.3) is 0 Å². The van der Waals surface area contributed by atoms with Crippen molar-refractivity contribution in [2.75, 3.05) is 0 Å². The number of carbonyl (C=O) groups excluding carboxylic acids is 2. The number of hydrogen-bond acceptors (Lipinski definition) is 4. The van der Waals surface area contributed by atoms with Gasteiger partial charge in [-0.2, -0.15) is 0 Å². The maximum atomic E-state index is 12.4. The van der Waals surface area contributed by atoms with E-state index in [9.17, 15) is 9.59 Å². The largest absolute Gasteiger partial charge is 0.404 e. The fourth-order valence-corrected chi connectivity index (χ4v) is 4.04. The minimum absolute atomic E-state index is 0.128. The highest BCUT2D eigenvalue weighted by Gasteiger charge is 2.62. The third kappa shape index (κ3) is 1.64. The molecular weight excluding hydrogens is 256 g/mol. The van der Waals surface area contributed by atoms with E-state index in [0.29, 0.717) is 23.7 Å². The van der Waals surface area contributed by atoms with E-state index in [0.717, 1.165) is 19.3 Å². The number of likely N-dealkylation sites (tertiary alicyclic amines) is 1. The van der Waals surface area contributed by atoms with Crippen molar-refractivity contribution in [1.82, 2.24) is 4.90 Å². The topological polar surface area (TPSA) is 104 Å². The van der Waals surface area contributed by atoms with Crippen molar-refractivity contribution >= 4 is 17.6 Å². The van der Waals surface area contributed by atoms with E-state index < -0.39 is 5.54 Å². The van der Waals surface area contributed by atoms with Crippen molar-refractivity contribution in [3.05, 3.63) is 11.8 Å². The summed E-state index contributed by atoms with van der Waals surface area (Å²) in [6.07, 6.45) is 5.20. The lowest BCUT2D eigenvalue weighted by Crippen LogP contribution is -2.90. The smallest absolute Gasteiger partial charge is 0.344 e. The zero-order valence-corrected chi connectivity index (χ0v) is 11.7. The lowest BCUT2D eigenvalue weighted by Gasteiger charge is -2.38. The van der Waals surface area contributed by atoms with Crippen LogP contribution in [0.4, 0.5) is 0 Å². The first-order valence-electron chi connectivity index (χ1n) is 7.20. The van der Waals surface area contributed by atoms with E-state index >= 15 is 0 Å². The number of rotatable bonds is 1. The average molecular weight is 277 g/mol. The van der Waals surface area contributed by atoms with Crippen LogP contribution < -0.4 is 11.1 Å². The van der Waals surface area contributed by atoms with Crippen LogP contribution in [-0.2, 0) is 9.59 Å². The van der Waals surface area contributed by atoms with Gasteiger partial charge in [-0.25, -0.2) is 14.9 Å². The Labute approximate surface area is 117 Å². The second kappa shape index (κ2) is 4.41. The van der Waals surface area contributed by atoms with Crippen molar-refractivity contribution < 1.29 is 14.9 Å². The summed E-state index contributed by atoms with van der Waals surface area (Å²) < 4.78 is 0. The maximum absolute atomic E-state index is 12.4. The van der Waals surface area contributed by atoms with Gasteiger partial charge < -0.3 is 10.6 Å². The predicted octanol–water partition coefficient (Wildman–Crippen LogP) is -0.540. The second-order valence-electron chi connectivity index (χ2n) is 6.25. The number of nitrogens with zero attached hydrogens (tertiary/aromatic N) is 1. The molecule has 0 radical (unpaired) electrons. The average Bonchev–Trinajstić information content (AvgIpc) is 3.00. The van der Waals surface area contributed by atoms with Crippen molar-refractivity contribution in [3.63, 3.8) is 0 Å². The monoisotopic (exact) mass is 277 g/mol. The van der Waals surface area contributed by atoms with Crippen LogP contribution in [0.25, 0.3) is 0 Å². The molecule has 1 spiro atoms. The number of carbonyl (C=O) groups is 2. The van der Waals surface area contributed by atoms with Crippen molar-refractivity contribution in [1.29, 1.82) is 5.41 Å². The van der Waals surface area contributed by atoms with Gasteiger partial charge in [0, 0.05) is 24.2 Å². The molecule has 20 heavy (non-hydrogen) atoms. The van der Waals surface area contributed by atoms with Crippen LogP contribution in [0.3, 0.4) is 0 Å². The number of nitrogens with one attached hydrogen (secondary N) is 1. The van der Waals surface area contributed by atoms with Crippen LogP contribution in [0.2, 0.25) is 0 Å². The van der Waals surface area contributed by atoms with Gasteiger partial charge in [0.2, 0.25) is 0 Å². The number of quaternary nitrogens is 1. The maximum Gasteiger partial charge on any atom is 0.344 e. The summed E-state index contributed by atoms with van der Waals surface area (Å²) in [7, 11) is 0. The molecule has 2 amide bonds. The Balaban J connectivity index is 2.05. The molecule has 108 valence electrons. The number of nitrogens with two attached hydrogens (primary N) is 2. The van der Waals surface area contributed by atoms with Crippen LogP contribution in [0.15, 0.2) is 11.8 Å². The first kappa shape index (κ1) is 13.3. The molecule has 0 bridgehead atoms. The molecular formula is C14H21N4O2+. The van der Waals surface area contributed by atoms with Gasteiger partial charge in [-0.05, 0) is 18.8 Å². The summed E-state index contributed by atoms with van der Waals surface area (Å²) in [5.74, 6) is 0.496. The summed E-state index contributed by atoms with van der Waals surface area (Å²) in [5, 5.41) is 9.57. The molecule has 0 aromatic heterocycles. The molecule has 3 aliphatic rings. The van der Waals surface area contributed by atoms with Gasteiger partial charge in [0.1, 0.15) is 12.3 Å². The third-order valence-electron chi connectivity index (χ3n) is 5.06. The number of amides is 2. The van der Waals surface area contributed by atoms with Crippen LogP contribution >= 0.6 is 0 Å². The molecule has 6 nitrogen and oxygen atoms in total. The molecule has 3 atom stereocenters. The van der Waals surface area contributed by atoms with Crippen LogP contribution in [-0.4, -0.2) is 34.1 Å². The summed E-state index contributed by atoms with van der Waals surface area (Å²) >= 11 is 0. The lowest BCUT2D eigenvalue weighted by molar-refractivity contribution is -0.479. The fraction of sp³-hybridized carbons (Fsp3) is 0.643. The molecule has 2 saturated heterocycles. The second-order valence-corrected chi connectivity index (χ2v) is 6.25. The number of primary amides is 2. The SMILES string of the molecule is CC1CCCC1N1C(=N)/C(=C\N)CC12CC(=O)[NH2+]C2=O. The molecule has 3 rings (SSSR count). The highest BCUT2D eigenvalue weighted by Crippen LogP contribution is 2.44. The predicted molar refractivity (Wildman–Crippen MR) is 72.5 cm³/mol. The van der Waals surface area contributed by atoms with Crippen molar-refractivity contribution in [3.8, 4) is 0 Å². The van der Waals surface area contributed by atoms with Gasteiger partial charge in [-0.15, -0.1) is 0 Å². The van der Waals surface area contributed by atoms with E-state index in [1.807, 2.05) is 4.90 Å². The molecule has 5 N–H and O–H groups in total. The summed E-state index contributed by atoms with van der Waals surface area (Å²) in [4.78, 5) is 26.1. The van der Waals surface area contributed by atoms with E-state index in [1.54, 1.807) is 0 Å². The van der Waals surface area contributed by atoms with Gasteiger partial charge in [-0.3, -0.25) is 5.41 Å². The van der Waals surface area contributed by atoms with E-state index in [2.05, 4.69) is 6.92 Å². The quantitative estimate of drug-likeness (QED) is 0.560. The third-order valence-corrected chi connectivity index (χ3v) is 5.06. The molecule has 6 heteroatoms. The summed E-state index contributed by atoms with van der Waals surface area (Å²) in [5.41, 5.74) is 5.44. The minimum Gasteiger partial charge on any atom is -0.404 e. The highest BCUT2D eigenvalue weighted by molar-refractivity contribution is 6.08. The first-order valence-corrected chi connectivity index (χ1v) is 7.20. The molecule has 0 aromatic rings. The van der Waals surface area contributed by atoms with Crippen molar-refractivity contribution in [2.45, 2.75) is 50.6 Å². The van der Waals surface area contributed by atoms with Gasteiger partial charge in [-0.1, -0.05) is 13.3 Å². The van der Waals surface area contributed by atoms with Gasteiger partial charge in [0.15, 0.2) is 5.54 Å². The summed E-state index contributed by atoms with van der Waals surface area (Å²) in [6, 6.07) is 0.170. The molecule has 3 fully saturated rings. The normalized spacial score (nSPS) is 39.8. The Morgan fingerprint density at radius 2 is 2.15 bits per heavy atom. The Hall–Kier alpha value is -1.69. The molecule has 0 aromatic carbocycles. The molecule has 2 aliphatic heterocycles. The molecule has 2 heterocycles. The Kier molecular flexibility index (Phi) is 2.93. The molecule has 1 aliphatic carbocycles. The Morgan fingerprint density at radius 3 is 2.65 bits per heavy atom. The van der Waals surface area contributed by atoms with Crippen LogP contribution in [0.5, 0.6) is 0 Å². The number of amidine groups is 1. The lowest BCUT2D eigenvalue weighted by atomic mass is 9.90. The Bertz CT molecular complexity index is 527. The zero-order chi connectivity index (χ0) is 14.5. The standard InChI is InChI=1S/C14H20N4O2/c1-8-3-2-4-10(8)18-12(16)9(7-15)5-14(18)6-11(19)17-13(14)20/h7-8,10,16H,2-6,15H2,1H3,(H,17,19,20)/p+1/b9-7-,16-12?. The Morgan fingerprint density at radius 1 is 1.40 bits per heavy atom. The fourth-order valence-electron chi connectivity index (χ4n) is 4.04. The first-order chi connectivity index (χ1) is 9.49. The minimum atomic E-state index is -0.858. The van der Waals surface area contributed by atoms with Gasteiger partial charge in [0.05, 0.1) is 0 Å². The van der Waals surface area contributed by atoms with E-state index in [4.69, 9.17) is 11.1 Å². The van der Waals surface area contributed by atoms with E-state index in [-0.39, 0.29) is 24.3 Å². The van der Waals surface area contributed by atoms with Crippen LogP contribution in [0, 0.1) is 11.3 Å². The number of imide groups is 1.